The highest BCUT2D eigenvalue weighted by molar-refractivity contribution is 5.95. The van der Waals surface area contributed by atoms with Crippen molar-refractivity contribution in [3.05, 3.63) is 41.3 Å². The summed E-state index contributed by atoms with van der Waals surface area (Å²) in [4.78, 5) is 19.0. The third kappa shape index (κ3) is 3.47. The molecule has 150 valence electrons. The van der Waals surface area contributed by atoms with E-state index in [1.165, 1.54) is 4.68 Å². The molecule has 0 saturated carbocycles. The second kappa shape index (κ2) is 7.48. The van der Waals surface area contributed by atoms with Gasteiger partial charge < -0.3 is 10.2 Å². The molecule has 1 fully saturated rings. The highest BCUT2D eigenvalue weighted by Crippen LogP contribution is 2.36. The lowest BCUT2D eigenvalue weighted by Gasteiger charge is -2.41. The summed E-state index contributed by atoms with van der Waals surface area (Å²) in [6.07, 6.45) is 1.29. The molecule has 0 spiro atoms. The third-order valence-electron chi connectivity index (χ3n) is 5.84. The number of hydrogen-bond donors (Lipinski definition) is 1. The van der Waals surface area contributed by atoms with Gasteiger partial charge >= 0.3 is 0 Å². The van der Waals surface area contributed by atoms with E-state index in [0.29, 0.717) is 36.6 Å². The van der Waals surface area contributed by atoms with Crippen LogP contribution in [0.4, 0.5) is 14.6 Å². The average molecular weight is 389 g/mol. The minimum Gasteiger partial charge on any atom is -0.367 e. The molecule has 2 aromatic rings. The Hall–Kier alpha value is -2.51. The molecule has 2 aliphatic rings. The van der Waals surface area contributed by atoms with Gasteiger partial charge in [0.15, 0.2) is 0 Å². The maximum Gasteiger partial charge on any atom is 0.260 e. The Kier molecular flexibility index (Phi) is 5.03. The van der Waals surface area contributed by atoms with E-state index in [9.17, 15) is 13.6 Å². The zero-order valence-electron chi connectivity index (χ0n) is 16.1. The van der Waals surface area contributed by atoms with Gasteiger partial charge in [-0.3, -0.25) is 9.78 Å². The summed E-state index contributed by atoms with van der Waals surface area (Å²) in [5.74, 6) is 0.739. The molecule has 0 bridgehead atoms. The lowest BCUT2D eigenvalue weighted by molar-refractivity contribution is 0.0505. The van der Waals surface area contributed by atoms with Crippen LogP contribution in [0.5, 0.6) is 0 Å². The van der Waals surface area contributed by atoms with Crippen molar-refractivity contribution < 1.29 is 13.6 Å². The number of alkyl halides is 2. The number of anilines is 1. The van der Waals surface area contributed by atoms with Crippen LogP contribution in [0.15, 0.2) is 24.4 Å². The predicted octanol–water partition coefficient (Wildman–Crippen LogP) is 3.44. The molecule has 1 saturated heterocycles. The Labute approximate surface area is 162 Å². The first-order chi connectivity index (χ1) is 13.4. The molecule has 1 N–H and O–H groups in total. The van der Waals surface area contributed by atoms with Crippen LogP contribution in [0.1, 0.15) is 47.1 Å². The van der Waals surface area contributed by atoms with Gasteiger partial charge in [-0.25, -0.2) is 13.5 Å². The smallest absolute Gasteiger partial charge is 0.260 e. The normalized spacial score (nSPS) is 24.8. The summed E-state index contributed by atoms with van der Waals surface area (Å²) in [7, 11) is 0. The summed E-state index contributed by atoms with van der Waals surface area (Å²) in [5.41, 5.74) is 2.04. The monoisotopic (exact) mass is 389 g/mol. The van der Waals surface area contributed by atoms with E-state index >= 15 is 0 Å². The van der Waals surface area contributed by atoms with Crippen molar-refractivity contribution >= 4 is 11.7 Å². The van der Waals surface area contributed by atoms with Gasteiger partial charge in [0.05, 0.1) is 11.3 Å². The maximum atomic E-state index is 13.7. The van der Waals surface area contributed by atoms with E-state index in [-0.39, 0.29) is 17.9 Å². The largest absolute Gasteiger partial charge is 0.367 e. The number of amides is 1. The number of carbonyl (C=O) groups is 1. The Bertz CT molecular complexity index is 868. The van der Waals surface area contributed by atoms with Crippen LogP contribution in [-0.4, -0.2) is 51.1 Å². The molecule has 2 aliphatic heterocycles. The molecule has 6 nitrogen and oxygen atoms in total. The quantitative estimate of drug-likeness (QED) is 0.874. The van der Waals surface area contributed by atoms with Crippen molar-refractivity contribution in [2.24, 2.45) is 5.92 Å². The minimum absolute atomic E-state index is 0.0302. The fraction of sp³-hybridized carbons (Fsp3) is 0.550. The molecule has 1 unspecified atom stereocenters. The SMILES string of the molecule is Cc1cc2n(n1)[C@@H](C(F)F)C[C@@H](C1CCCN(C(=O)c3cccnc3C)C1)N2. The number of aromatic nitrogens is 3. The topological polar surface area (TPSA) is 63.1 Å². The van der Waals surface area contributed by atoms with Crippen molar-refractivity contribution in [3.8, 4) is 0 Å². The lowest BCUT2D eigenvalue weighted by Crippen LogP contribution is -2.48. The second-order valence-electron chi connectivity index (χ2n) is 7.79. The van der Waals surface area contributed by atoms with Gasteiger partial charge in [-0.15, -0.1) is 0 Å². The number of nitrogens with one attached hydrogen (secondary N) is 1. The molecule has 1 amide bonds. The number of likely N-dealkylation sites (tertiary alicyclic amines) is 1. The van der Waals surface area contributed by atoms with Crippen LogP contribution in [0.3, 0.4) is 0 Å². The van der Waals surface area contributed by atoms with Gasteiger partial charge in [-0.2, -0.15) is 5.10 Å². The number of fused-ring (bicyclic) bond motifs is 1. The minimum atomic E-state index is -2.47. The Morgan fingerprint density at radius 2 is 2.18 bits per heavy atom. The predicted molar refractivity (Wildman–Crippen MR) is 102 cm³/mol. The number of nitrogens with zero attached hydrogens (tertiary/aromatic N) is 4. The number of pyridine rings is 1. The highest BCUT2D eigenvalue weighted by Gasteiger charge is 2.38. The molecule has 2 aromatic heterocycles. The van der Waals surface area contributed by atoms with Crippen molar-refractivity contribution in [3.63, 3.8) is 0 Å². The van der Waals surface area contributed by atoms with E-state index in [0.717, 1.165) is 18.5 Å². The summed E-state index contributed by atoms with van der Waals surface area (Å²) in [6.45, 7) is 4.88. The molecule has 28 heavy (non-hydrogen) atoms. The highest BCUT2D eigenvalue weighted by atomic mass is 19.3. The molecule has 4 rings (SSSR count). The van der Waals surface area contributed by atoms with Crippen LogP contribution in [0.2, 0.25) is 0 Å². The zero-order chi connectivity index (χ0) is 19.8. The Balaban J connectivity index is 1.52. The van der Waals surface area contributed by atoms with Gasteiger partial charge in [-0.1, -0.05) is 0 Å². The van der Waals surface area contributed by atoms with Crippen molar-refractivity contribution in [2.45, 2.75) is 51.6 Å². The number of aryl methyl sites for hydroxylation is 2. The van der Waals surface area contributed by atoms with Crippen LogP contribution >= 0.6 is 0 Å². The van der Waals surface area contributed by atoms with Crippen LogP contribution < -0.4 is 5.32 Å². The molecular weight excluding hydrogens is 364 g/mol. The second-order valence-corrected chi connectivity index (χ2v) is 7.79. The van der Waals surface area contributed by atoms with E-state index in [1.54, 1.807) is 18.3 Å². The van der Waals surface area contributed by atoms with E-state index in [1.807, 2.05) is 24.8 Å². The first-order valence-electron chi connectivity index (χ1n) is 9.75. The van der Waals surface area contributed by atoms with Crippen LogP contribution in [-0.2, 0) is 0 Å². The summed E-state index contributed by atoms with van der Waals surface area (Å²) in [5, 5.41) is 7.63. The van der Waals surface area contributed by atoms with Crippen molar-refractivity contribution in [1.29, 1.82) is 0 Å². The molecule has 0 radical (unpaired) electrons. The van der Waals surface area contributed by atoms with Crippen molar-refractivity contribution in [1.82, 2.24) is 19.7 Å². The number of rotatable bonds is 3. The first kappa shape index (κ1) is 18.8. The van der Waals surface area contributed by atoms with Crippen molar-refractivity contribution in [2.75, 3.05) is 18.4 Å². The number of hydrogen-bond acceptors (Lipinski definition) is 4. The maximum absolute atomic E-state index is 13.7. The van der Waals surface area contributed by atoms with Crippen LogP contribution in [0, 0.1) is 19.8 Å². The Morgan fingerprint density at radius 1 is 1.36 bits per heavy atom. The fourth-order valence-corrected chi connectivity index (χ4v) is 4.41. The van der Waals surface area contributed by atoms with Gasteiger partial charge in [0.2, 0.25) is 0 Å². The number of carbonyl (C=O) groups excluding carboxylic acids is 1. The molecule has 3 atom stereocenters. The number of halogens is 2. The number of piperidine rings is 1. The molecule has 0 aromatic carbocycles. The lowest BCUT2D eigenvalue weighted by atomic mass is 9.85. The summed E-state index contributed by atoms with van der Waals surface area (Å²) >= 11 is 0. The standard InChI is InChI=1S/C20H25F2N5O/c1-12-9-18-24-16(10-17(19(21)22)27(18)25-12)14-5-4-8-26(11-14)20(28)15-6-3-7-23-13(15)2/h3,6-7,9,14,16-17,19,24H,4-5,8,10-11H2,1-2H3/t14?,16-,17+/m0/s1. The Morgan fingerprint density at radius 3 is 2.93 bits per heavy atom. The molecule has 0 aliphatic carbocycles. The molecular formula is C20H25F2N5O. The van der Waals surface area contributed by atoms with Gasteiger partial charge in [0, 0.05) is 37.1 Å². The summed E-state index contributed by atoms with van der Waals surface area (Å²) in [6, 6.07) is 4.34. The third-order valence-corrected chi connectivity index (χ3v) is 5.84. The molecule has 8 heteroatoms. The van der Waals surface area contributed by atoms with Gasteiger partial charge in [0.1, 0.15) is 11.9 Å². The van der Waals surface area contributed by atoms with Gasteiger partial charge in [0.25, 0.3) is 12.3 Å². The summed E-state index contributed by atoms with van der Waals surface area (Å²) < 4.78 is 28.7. The zero-order valence-corrected chi connectivity index (χ0v) is 16.1. The first-order valence-corrected chi connectivity index (χ1v) is 9.75. The average Bonchev–Trinajstić information content (AvgIpc) is 3.07. The molecule has 4 heterocycles. The van der Waals surface area contributed by atoms with E-state index in [2.05, 4.69) is 15.4 Å². The van der Waals surface area contributed by atoms with Gasteiger partial charge in [-0.05, 0) is 51.2 Å². The van der Waals surface area contributed by atoms with Crippen LogP contribution in [0.25, 0.3) is 0 Å². The van der Waals surface area contributed by atoms with E-state index < -0.39 is 12.5 Å². The fourth-order valence-electron chi connectivity index (χ4n) is 4.41. The van der Waals surface area contributed by atoms with E-state index in [4.69, 9.17) is 0 Å².